The van der Waals surface area contributed by atoms with E-state index in [2.05, 4.69) is 16.9 Å². The molecular formula is C10H17N3O. The minimum absolute atomic E-state index is 0.184. The van der Waals surface area contributed by atoms with Crippen LogP contribution in [-0.4, -0.2) is 29.3 Å². The van der Waals surface area contributed by atoms with Gasteiger partial charge in [-0.25, -0.2) is 4.98 Å². The first-order chi connectivity index (χ1) is 6.77. The molecule has 1 unspecified atom stereocenters. The summed E-state index contributed by atoms with van der Waals surface area (Å²) in [5.74, 6) is 0.855. The van der Waals surface area contributed by atoms with Gasteiger partial charge in [0, 0.05) is 32.6 Å². The number of ether oxygens (including phenoxy) is 1. The van der Waals surface area contributed by atoms with Crippen molar-refractivity contribution in [2.75, 3.05) is 19.0 Å². The lowest BCUT2D eigenvalue weighted by molar-refractivity contribution is 0.128. The highest BCUT2D eigenvalue weighted by molar-refractivity contribution is 5.26. The molecule has 0 bridgehead atoms. The molecule has 0 saturated carbocycles. The van der Waals surface area contributed by atoms with E-state index in [9.17, 15) is 0 Å². The van der Waals surface area contributed by atoms with Crippen molar-refractivity contribution in [3.05, 3.63) is 25.0 Å². The van der Waals surface area contributed by atoms with Crippen molar-refractivity contribution in [1.82, 2.24) is 9.55 Å². The molecule has 1 aromatic heterocycles. The van der Waals surface area contributed by atoms with Crippen molar-refractivity contribution in [3.8, 4) is 0 Å². The van der Waals surface area contributed by atoms with E-state index < -0.39 is 0 Å². The molecule has 0 spiro atoms. The van der Waals surface area contributed by atoms with Crippen LogP contribution in [0.5, 0.6) is 0 Å². The van der Waals surface area contributed by atoms with Gasteiger partial charge >= 0.3 is 0 Å². The normalized spacial score (nSPS) is 12.4. The highest BCUT2D eigenvalue weighted by Crippen LogP contribution is 2.04. The largest absolute Gasteiger partial charge is 0.380 e. The molecule has 78 valence electrons. The van der Waals surface area contributed by atoms with E-state index in [1.807, 2.05) is 23.8 Å². The van der Waals surface area contributed by atoms with Gasteiger partial charge in [0.25, 0.3) is 0 Å². The van der Waals surface area contributed by atoms with Crippen LogP contribution in [0.3, 0.4) is 0 Å². The average Bonchev–Trinajstić information content (AvgIpc) is 2.62. The van der Waals surface area contributed by atoms with Gasteiger partial charge in [-0.2, -0.15) is 0 Å². The fourth-order valence-corrected chi connectivity index (χ4v) is 1.08. The maximum Gasteiger partial charge on any atom is 0.203 e. The molecule has 1 rings (SSSR count). The third-order valence-electron chi connectivity index (χ3n) is 1.99. The Morgan fingerprint density at radius 2 is 2.57 bits per heavy atom. The maximum absolute atomic E-state index is 5.13. The molecular weight excluding hydrogens is 178 g/mol. The summed E-state index contributed by atoms with van der Waals surface area (Å²) in [5.41, 5.74) is 0. The Balaban J connectivity index is 2.49. The predicted molar refractivity (Wildman–Crippen MR) is 57.4 cm³/mol. The van der Waals surface area contributed by atoms with Gasteiger partial charge in [-0.05, 0) is 6.92 Å². The summed E-state index contributed by atoms with van der Waals surface area (Å²) in [7, 11) is 1.70. The fraction of sp³-hybridized carbons (Fsp3) is 0.500. The van der Waals surface area contributed by atoms with Gasteiger partial charge in [0.05, 0.1) is 6.10 Å². The highest BCUT2D eigenvalue weighted by atomic mass is 16.5. The van der Waals surface area contributed by atoms with Crippen LogP contribution < -0.4 is 5.32 Å². The van der Waals surface area contributed by atoms with E-state index in [4.69, 9.17) is 4.74 Å². The molecule has 1 aromatic rings. The van der Waals surface area contributed by atoms with Crippen molar-refractivity contribution in [3.63, 3.8) is 0 Å². The predicted octanol–water partition coefficient (Wildman–Crippen LogP) is 1.52. The molecule has 4 heteroatoms. The first-order valence-electron chi connectivity index (χ1n) is 4.66. The molecule has 1 atom stereocenters. The van der Waals surface area contributed by atoms with Crippen molar-refractivity contribution in [2.24, 2.45) is 0 Å². The zero-order valence-corrected chi connectivity index (χ0v) is 8.73. The first kappa shape index (κ1) is 10.8. The molecule has 0 aliphatic carbocycles. The number of anilines is 1. The highest BCUT2D eigenvalue weighted by Gasteiger charge is 2.03. The zero-order chi connectivity index (χ0) is 10.4. The minimum atomic E-state index is 0.184. The van der Waals surface area contributed by atoms with Crippen molar-refractivity contribution < 1.29 is 4.74 Å². The molecule has 1 heterocycles. The van der Waals surface area contributed by atoms with Crippen LogP contribution >= 0.6 is 0 Å². The van der Waals surface area contributed by atoms with Crippen LogP contribution in [-0.2, 0) is 11.3 Å². The fourth-order valence-electron chi connectivity index (χ4n) is 1.08. The Labute approximate surface area is 84.6 Å². The van der Waals surface area contributed by atoms with Gasteiger partial charge in [0.2, 0.25) is 5.95 Å². The summed E-state index contributed by atoms with van der Waals surface area (Å²) < 4.78 is 7.12. The Kier molecular flexibility index (Phi) is 4.19. The quantitative estimate of drug-likeness (QED) is 0.699. The number of hydrogen-bond donors (Lipinski definition) is 1. The maximum atomic E-state index is 5.13. The number of allylic oxidation sites excluding steroid dienone is 1. The third kappa shape index (κ3) is 2.88. The van der Waals surface area contributed by atoms with Crippen LogP contribution in [0, 0.1) is 0 Å². The van der Waals surface area contributed by atoms with Gasteiger partial charge in [0.15, 0.2) is 0 Å². The van der Waals surface area contributed by atoms with E-state index in [0.717, 1.165) is 19.0 Å². The lowest BCUT2D eigenvalue weighted by Gasteiger charge is -2.12. The summed E-state index contributed by atoms with van der Waals surface area (Å²) in [6.07, 6.45) is 5.71. The minimum Gasteiger partial charge on any atom is -0.380 e. The topological polar surface area (TPSA) is 39.1 Å². The number of aromatic nitrogens is 2. The zero-order valence-electron chi connectivity index (χ0n) is 8.73. The number of imidazole rings is 1. The van der Waals surface area contributed by atoms with E-state index in [0.29, 0.717) is 0 Å². The number of nitrogens with one attached hydrogen (secondary N) is 1. The van der Waals surface area contributed by atoms with Gasteiger partial charge in [0.1, 0.15) is 0 Å². The third-order valence-corrected chi connectivity index (χ3v) is 1.99. The molecule has 0 amide bonds. The SMILES string of the molecule is C=CCn1ccnc1NCC(C)OC. The molecule has 0 aliphatic rings. The number of rotatable bonds is 6. The number of hydrogen-bond acceptors (Lipinski definition) is 3. The second kappa shape index (κ2) is 5.44. The monoisotopic (exact) mass is 195 g/mol. The Morgan fingerprint density at radius 1 is 1.79 bits per heavy atom. The van der Waals surface area contributed by atoms with Gasteiger partial charge in [-0.15, -0.1) is 6.58 Å². The smallest absolute Gasteiger partial charge is 0.203 e. The number of nitrogens with zero attached hydrogens (tertiary/aromatic N) is 2. The van der Waals surface area contributed by atoms with Crippen molar-refractivity contribution in [1.29, 1.82) is 0 Å². The molecule has 0 saturated heterocycles. The number of methoxy groups -OCH3 is 1. The van der Waals surface area contributed by atoms with Crippen LogP contribution in [0.2, 0.25) is 0 Å². The van der Waals surface area contributed by atoms with Crippen LogP contribution in [0.25, 0.3) is 0 Å². The molecule has 1 N–H and O–H groups in total. The Bertz CT molecular complexity index is 283. The van der Waals surface area contributed by atoms with Crippen LogP contribution in [0.15, 0.2) is 25.0 Å². The van der Waals surface area contributed by atoms with Crippen LogP contribution in [0.4, 0.5) is 5.95 Å². The Hall–Kier alpha value is -1.29. The average molecular weight is 195 g/mol. The van der Waals surface area contributed by atoms with Gasteiger partial charge in [-0.3, -0.25) is 0 Å². The lowest BCUT2D eigenvalue weighted by atomic mass is 10.4. The molecule has 0 fully saturated rings. The molecule has 0 aliphatic heterocycles. The van der Waals surface area contributed by atoms with Crippen molar-refractivity contribution >= 4 is 5.95 Å². The van der Waals surface area contributed by atoms with Crippen LogP contribution in [0.1, 0.15) is 6.92 Å². The second-order valence-corrected chi connectivity index (χ2v) is 3.12. The Morgan fingerprint density at radius 3 is 3.21 bits per heavy atom. The summed E-state index contributed by atoms with van der Waals surface area (Å²) in [5, 5.41) is 3.21. The van der Waals surface area contributed by atoms with E-state index in [1.165, 1.54) is 0 Å². The summed E-state index contributed by atoms with van der Waals surface area (Å²) in [6, 6.07) is 0. The molecule has 0 aromatic carbocycles. The summed E-state index contributed by atoms with van der Waals surface area (Å²) >= 11 is 0. The van der Waals surface area contributed by atoms with E-state index in [-0.39, 0.29) is 6.10 Å². The van der Waals surface area contributed by atoms with Crippen molar-refractivity contribution in [2.45, 2.75) is 19.6 Å². The van der Waals surface area contributed by atoms with Gasteiger partial charge < -0.3 is 14.6 Å². The standard InChI is InChI=1S/C10H17N3O/c1-4-6-13-7-5-11-10(13)12-8-9(2)14-3/h4-5,7,9H,1,6,8H2,2-3H3,(H,11,12). The van der Waals surface area contributed by atoms with Gasteiger partial charge in [-0.1, -0.05) is 6.08 Å². The second-order valence-electron chi connectivity index (χ2n) is 3.12. The summed E-state index contributed by atoms with van der Waals surface area (Å²) in [4.78, 5) is 4.19. The first-order valence-corrected chi connectivity index (χ1v) is 4.66. The lowest BCUT2D eigenvalue weighted by Crippen LogP contribution is -2.20. The van der Waals surface area contributed by atoms with E-state index >= 15 is 0 Å². The molecule has 0 radical (unpaired) electrons. The summed E-state index contributed by atoms with van der Waals surface area (Å²) in [6.45, 7) is 7.22. The molecule has 4 nitrogen and oxygen atoms in total. The van der Waals surface area contributed by atoms with E-state index in [1.54, 1.807) is 13.3 Å². The molecule has 14 heavy (non-hydrogen) atoms.